The van der Waals surface area contributed by atoms with E-state index in [-0.39, 0.29) is 17.0 Å². The molecule has 1 N–H and O–H groups in total. The summed E-state index contributed by atoms with van der Waals surface area (Å²) in [6, 6.07) is 3.83. The van der Waals surface area contributed by atoms with Gasteiger partial charge in [-0.1, -0.05) is 16.8 Å². The molecule has 1 fully saturated rings. The lowest BCUT2D eigenvalue weighted by molar-refractivity contribution is 0.0937. The number of hydrogen-bond donors (Lipinski definition) is 1. The van der Waals surface area contributed by atoms with Crippen molar-refractivity contribution in [2.75, 3.05) is 13.1 Å². The van der Waals surface area contributed by atoms with Crippen molar-refractivity contribution in [3.05, 3.63) is 51.6 Å². The van der Waals surface area contributed by atoms with Gasteiger partial charge in [0.05, 0.1) is 16.3 Å². The Labute approximate surface area is 144 Å². The number of hydrogen-bond acceptors (Lipinski definition) is 4. The third-order valence-corrected chi connectivity index (χ3v) is 4.66. The van der Waals surface area contributed by atoms with Gasteiger partial charge >= 0.3 is 0 Å². The minimum absolute atomic E-state index is 0.0408. The van der Waals surface area contributed by atoms with Gasteiger partial charge < -0.3 is 9.84 Å². The lowest BCUT2D eigenvalue weighted by Gasteiger charge is -2.17. The minimum atomic E-state index is -0.456. The summed E-state index contributed by atoms with van der Waals surface area (Å²) in [5, 5.41) is 7.06. The number of nitrogens with one attached hydrogen (secondary N) is 1. The summed E-state index contributed by atoms with van der Waals surface area (Å²) >= 11 is 5.94. The van der Waals surface area contributed by atoms with Crippen molar-refractivity contribution in [2.45, 2.75) is 32.9 Å². The summed E-state index contributed by atoms with van der Waals surface area (Å²) in [6.45, 7) is 6.21. The van der Waals surface area contributed by atoms with Gasteiger partial charge in [-0.3, -0.25) is 9.69 Å². The van der Waals surface area contributed by atoms with Crippen LogP contribution in [0.5, 0.6) is 0 Å². The fraction of sp³-hybridized carbons (Fsp3) is 0.412. The largest absolute Gasteiger partial charge is 0.361 e. The fourth-order valence-corrected chi connectivity index (χ4v) is 3.24. The van der Waals surface area contributed by atoms with Crippen LogP contribution in [0.15, 0.2) is 22.7 Å². The molecule has 5 nitrogen and oxygen atoms in total. The van der Waals surface area contributed by atoms with Crippen molar-refractivity contribution in [1.82, 2.24) is 15.4 Å². The van der Waals surface area contributed by atoms with Crippen LogP contribution in [0.3, 0.4) is 0 Å². The summed E-state index contributed by atoms with van der Waals surface area (Å²) in [5.74, 6) is 0.102. The molecule has 0 aliphatic carbocycles. The molecular formula is C17H19ClFN3O2. The van der Waals surface area contributed by atoms with Gasteiger partial charge in [-0.05, 0) is 38.5 Å². The number of rotatable bonds is 4. The van der Waals surface area contributed by atoms with E-state index < -0.39 is 5.82 Å². The molecule has 128 valence electrons. The molecule has 1 amide bonds. The topological polar surface area (TPSA) is 58.4 Å². The Morgan fingerprint density at radius 3 is 2.96 bits per heavy atom. The highest BCUT2D eigenvalue weighted by atomic mass is 35.5. The standard InChI is InChI=1S/C17H19ClFN3O2/c1-10-15(11(2)24-21-10)9-22-6-5-13(8-22)20-17(23)14-4-3-12(19)7-16(14)18/h3-4,7,13H,5-6,8-9H2,1-2H3,(H,20,23)/t13-/m1/s1. The molecule has 0 spiro atoms. The molecule has 1 aromatic heterocycles. The zero-order valence-electron chi connectivity index (χ0n) is 13.6. The highest BCUT2D eigenvalue weighted by molar-refractivity contribution is 6.33. The van der Waals surface area contributed by atoms with Crippen LogP contribution in [-0.4, -0.2) is 35.1 Å². The first-order valence-electron chi connectivity index (χ1n) is 7.84. The molecule has 24 heavy (non-hydrogen) atoms. The van der Waals surface area contributed by atoms with Crippen LogP contribution < -0.4 is 5.32 Å². The van der Waals surface area contributed by atoms with Crippen molar-refractivity contribution in [2.24, 2.45) is 0 Å². The van der Waals surface area contributed by atoms with Gasteiger partial charge in [0, 0.05) is 31.2 Å². The molecule has 1 aliphatic rings. The molecule has 2 aromatic rings. The molecular weight excluding hydrogens is 333 g/mol. The molecule has 1 saturated heterocycles. The van der Waals surface area contributed by atoms with E-state index in [1.165, 1.54) is 12.1 Å². The second kappa shape index (κ2) is 6.91. The second-order valence-electron chi connectivity index (χ2n) is 6.12. The first-order valence-corrected chi connectivity index (χ1v) is 8.22. The predicted octanol–water partition coefficient (Wildman–Crippen LogP) is 3.09. The van der Waals surface area contributed by atoms with Gasteiger partial charge in [0.25, 0.3) is 5.91 Å². The van der Waals surface area contributed by atoms with E-state index in [1.54, 1.807) is 0 Å². The van der Waals surface area contributed by atoms with Crippen LogP contribution in [0, 0.1) is 19.7 Å². The second-order valence-corrected chi connectivity index (χ2v) is 6.53. The monoisotopic (exact) mass is 351 g/mol. The third kappa shape index (κ3) is 3.60. The number of aromatic nitrogens is 1. The Bertz CT molecular complexity index is 743. The molecule has 0 radical (unpaired) electrons. The van der Waals surface area contributed by atoms with E-state index in [1.807, 2.05) is 13.8 Å². The number of aryl methyl sites for hydroxylation is 2. The maximum atomic E-state index is 13.1. The maximum absolute atomic E-state index is 13.1. The zero-order valence-corrected chi connectivity index (χ0v) is 14.4. The van der Waals surface area contributed by atoms with Crippen LogP contribution in [0.2, 0.25) is 5.02 Å². The number of benzene rings is 1. The molecule has 0 saturated carbocycles. The Hall–Kier alpha value is -1.92. The molecule has 1 aliphatic heterocycles. The van der Waals surface area contributed by atoms with Crippen LogP contribution in [0.1, 0.15) is 33.8 Å². The van der Waals surface area contributed by atoms with Crippen molar-refractivity contribution in [3.8, 4) is 0 Å². The van der Waals surface area contributed by atoms with E-state index >= 15 is 0 Å². The average Bonchev–Trinajstić information content (AvgIpc) is 3.09. The average molecular weight is 352 g/mol. The van der Waals surface area contributed by atoms with E-state index in [0.717, 1.165) is 49.1 Å². The number of likely N-dealkylation sites (tertiary alicyclic amines) is 1. The molecule has 0 bridgehead atoms. The van der Waals surface area contributed by atoms with Crippen LogP contribution in [-0.2, 0) is 6.54 Å². The quantitative estimate of drug-likeness (QED) is 0.919. The van der Waals surface area contributed by atoms with Crippen molar-refractivity contribution < 1.29 is 13.7 Å². The molecule has 1 atom stereocenters. The van der Waals surface area contributed by atoms with Crippen molar-refractivity contribution >= 4 is 17.5 Å². The third-order valence-electron chi connectivity index (χ3n) is 4.35. The van der Waals surface area contributed by atoms with E-state index in [4.69, 9.17) is 16.1 Å². The maximum Gasteiger partial charge on any atom is 0.253 e. The van der Waals surface area contributed by atoms with Crippen LogP contribution in [0.4, 0.5) is 4.39 Å². The molecule has 2 heterocycles. The minimum Gasteiger partial charge on any atom is -0.361 e. The molecule has 1 aromatic carbocycles. The number of carbonyl (C=O) groups excluding carboxylic acids is 1. The SMILES string of the molecule is Cc1noc(C)c1CN1CC[C@@H](NC(=O)c2ccc(F)cc2Cl)C1. The summed E-state index contributed by atoms with van der Waals surface area (Å²) in [7, 11) is 0. The van der Waals surface area contributed by atoms with E-state index in [2.05, 4.69) is 15.4 Å². The molecule has 0 unspecified atom stereocenters. The summed E-state index contributed by atoms with van der Waals surface area (Å²) in [4.78, 5) is 14.6. The van der Waals surface area contributed by atoms with Crippen LogP contribution in [0.25, 0.3) is 0 Å². The van der Waals surface area contributed by atoms with E-state index in [9.17, 15) is 9.18 Å². The van der Waals surface area contributed by atoms with Gasteiger partial charge in [0.1, 0.15) is 11.6 Å². The summed E-state index contributed by atoms with van der Waals surface area (Å²) < 4.78 is 18.3. The first-order chi connectivity index (χ1) is 11.4. The number of nitrogens with zero attached hydrogens (tertiary/aromatic N) is 2. The molecule has 3 rings (SSSR count). The smallest absolute Gasteiger partial charge is 0.253 e. The van der Waals surface area contributed by atoms with Crippen molar-refractivity contribution in [3.63, 3.8) is 0 Å². The van der Waals surface area contributed by atoms with Gasteiger partial charge in [-0.2, -0.15) is 0 Å². The Balaban J connectivity index is 1.59. The first kappa shape index (κ1) is 16.9. The van der Waals surface area contributed by atoms with Crippen LogP contribution >= 0.6 is 11.6 Å². The molecule has 7 heteroatoms. The fourth-order valence-electron chi connectivity index (χ4n) is 2.98. The summed E-state index contributed by atoms with van der Waals surface area (Å²) in [6.07, 6.45) is 0.855. The highest BCUT2D eigenvalue weighted by Crippen LogP contribution is 2.20. The van der Waals surface area contributed by atoms with Gasteiger partial charge in [0.15, 0.2) is 0 Å². The zero-order chi connectivity index (χ0) is 17.3. The Morgan fingerprint density at radius 1 is 1.50 bits per heavy atom. The Morgan fingerprint density at radius 2 is 2.29 bits per heavy atom. The normalized spacial score (nSPS) is 18.1. The van der Waals surface area contributed by atoms with Crippen molar-refractivity contribution in [1.29, 1.82) is 0 Å². The Kier molecular flexibility index (Phi) is 4.87. The van der Waals surface area contributed by atoms with Gasteiger partial charge in [-0.25, -0.2) is 4.39 Å². The lowest BCUT2D eigenvalue weighted by atomic mass is 10.2. The predicted molar refractivity (Wildman–Crippen MR) is 88.5 cm³/mol. The summed E-state index contributed by atoms with van der Waals surface area (Å²) in [5.41, 5.74) is 2.30. The number of amides is 1. The van der Waals surface area contributed by atoms with E-state index in [0.29, 0.717) is 5.56 Å². The van der Waals surface area contributed by atoms with Gasteiger partial charge in [0.2, 0.25) is 0 Å². The number of halogens is 2. The van der Waals surface area contributed by atoms with Gasteiger partial charge in [-0.15, -0.1) is 0 Å². The lowest BCUT2D eigenvalue weighted by Crippen LogP contribution is -2.37. The number of carbonyl (C=O) groups is 1. The highest BCUT2D eigenvalue weighted by Gasteiger charge is 2.26.